The van der Waals surface area contributed by atoms with E-state index in [4.69, 9.17) is 121 Å². The number of carboxylic acid groups (broad SMARTS) is 1. The first-order valence-electron chi connectivity index (χ1n) is 30.0. The molecule has 2 aromatic rings. The van der Waals surface area contributed by atoms with Crippen LogP contribution >= 0.6 is 77.4 Å². The maximum Gasteiger partial charge on any atom is 0.588 e. The van der Waals surface area contributed by atoms with Crippen LogP contribution in [0.25, 0.3) is 0 Å². The van der Waals surface area contributed by atoms with Crippen molar-refractivity contribution >= 4 is 114 Å². The number of rotatable bonds is 40. The first kappa shape index (κ1) is 78.4. The highest BCUT2D eigenvalue weighted by Gasteiger charge is 2.55. The van der Waals surface area contributed by atoms with Gasteiger partial charge in [0.05, 0.1) is 19.1 Å². The van der Waals surface area contributed by atoms with Gasteiger partial charge in [-0.1, -0.05) is 210 Å². The molecule has 1 aliphatic rings. The number of carboxylic acids is 1. The van der Waals surface area contributed by atoms with Crippen LogP contribution in [0, 0.1) is 0 Å². The largest absolute Gasteiger partial charge is 0.588 e. The predicted molar refractivity (Wildman–Crippen MR) is 335 cm³/mol. The Bertz CT molecular complexity index is 2390. The lowest BCUT2D eigenvalue weighted by atomic mass is 9.96. The molecule has 7 atom stereocenters. The number of alkyl halides is 6. The Morgan fingerprint density at radius 2 is 1.18 bits per heavy atom. The van der Waals surface area contributed by atoms with Crippen molar-refractivity contribution in [3.63, 3.8) is 0 Å². The third-order valence-corrected chi connectivity index (χ3v) is 16.4. The summed E-state index contributed by atoms with van der Waals surface area (Å²) in [5.41, 5.74) is -2.83. The number of hydrogen-bond acceptors (Lipinski definition) is 18. The van der Waals surface area contributed by atoms with Gasteiger partial charge in [-0.2, -0.15) is 0 Å². The zero-order valence-electron chi connectivity index (χ0n) is 51.3. The van der Waals surface area contributed by atoms with Crippen molar-refractivity contribution in [1.82, 2.24) is 10.6 Å². The Morgan fingerprint density at radius 3 is 1.69 bits per heavy atom. The molecule has 0 bridgehead atoms. The third kappa shape index (κ3) is 33.4. The van der Waals surface area contributed by atoms with E-state index in [1.54, 1.807) is 57.2 Å². The average molecular weight is 1390 g/mol. The Morgan fingerprint density at radius 1 is 0.648 bits per heavy atom. The molecule has 0 unspecified atom stereocenters. The van der Waals surface area contributed by atoms with E-state index >= 15 is 4.57 Å². The Kier molecular flexibility index (Phi) is 35.8. The van der Waals surface area contributed by atoms with Gasteiger partial charge >= 0.3 is 44.1 Å². The lowest BCUT2D eigenvalue weighted by Crippen LogP contribution is -2.67. The summed E-state index contributed by atoms with van der Waals surface area (Å²) in [7, 11) is -5.17. The standard InChI is InChI=1S/C60H89Cl6N2O19P/c1-8-10-12-14-16-17-19-20-24-34-45(80-48(71)35-29-21-18-15-13-11-9-2)38-49(72)82-52-50(68-54(73)79-41-59(61,62)63)53(77-39-42(36-37-47(69)70)67-55(74)83-57(3,4)5)81-46(40-78-56(75)84-58(6,7)60(64,65)66)51(52)87-88(76,85-43-30-25-22-26-31-43)86-44-32-27-23-28-33-44/h22-23,25-28,30-33,42,45-46,50-53H,8-21,24,29,34-41H2,1-7H3,(H,67,74)(H,68,73)(H,69,70)/t42-,45+,46+,50-,51+,52+,53+/m0/s1. The molecule has 2 aromatic carbocycles. The smallest absolute Gasteiger partial charge is 0.481 e. The third-order valence-electron chi connectivity index (χ3n) is 13.3. The van der Waals surface area contributed by atoms with Crippen molar-refractivity contribution in [2.45, 2.75) is 245 Å². The van der Waals surface area contributed by atoms with E-state index in [1.807, 2.05) is 0 Å². The van der Waals surface area contributed by atoms with E-state index in [2.05, 4.69) is 24.5 Å². The molecule has 1 saturated heterocycles. The lowest BCUT2D eigenvalue weighted by Gasteiger charge is -2.45. The van der Waals surface area contributed by atoms with Crippen LogP contribution in [0.5, 0.6) is 11.5 Å². The fourth-order valence-corrected chi connectivity index (χ4v) is 10.4. The maximum atomic E-state index is 15.5. The molecule has 0 radical (unpaired) electrons. The number of benzene rings is 2. The van der Waals surface area contributed by atoms with Crippen LogP contribution in [0.4, 0.5) is 14.4 Å². The second-order valence-corrected chi connectivity index (χ2v) is 29.0. The van der Waals surface area contributed by atoms with E-state index in [-0.39, 0.29) is 30.8 Å². The maximum absolute atomic E-state index is 15.5. The molecule has 2 amide bonds. The van der Waals surface area contributed by atoms with Gasteiger partial charge in [0.25, 0.3) is 0 Å². The SMILES string of the molecule is CCCCCCCCCCC[C@H](CC(=O)O[C@@H]1[C@H](NC(=O)OCC(Cl)(Cl)Cl)[C@H](OC[C@H](CCC(=O)O)NC(=O)OC(C)(C)C)O[C@H](COC(=O)OC(C)(C)C(Cl)(Cl)Cl)[C@H]1OP(=O)(Oc1ccccc1)Oc1ccccc1)OC(=O)CCCCCCCCC. The number of carbonyl (C=O) groups excluding carboxylic acids is 5. The van der Waals surface area contributed by atoms with E-state index in [0.717, 1.165) is 83.5 Å². The Labute approximate surface area is 547 Å². The van der Waals surface area contributed by atoms with E-state index in [0.29, 0.717) is 12.8 Å². The molecular formula is C60H89Cl6N2O19P. The van der Waals surface area contributed by atoms with Gasteiger partial charge in [0.2, 0.25) is 7.59 Å². The van der Waals surface area contributed by atoms with Crippen LogP contribution in [-0.4, -0.2) is 123 Å². The quantitative estimate of drug-likeness (QED) is 0.0184. The summed E-state index contributed by atoms with van der Waals surface area (Å²) >= 11 is 36.4. The highest BCUT2D eigenvalue weighted by atomic mass is 35.6. The van der Waals surface area contributed by atoms with Crippen LogP contribution in [0.1, 0.15) is 183 Å². The number of esters is 2. The van der Waals surface area contributed by atoms with Gasteiger partial charge in [-0.25, -0.2) is 18.9 Å². The van der Waals surface area contributed by atoms with E-state index < -0.39 is 138 Å². The van der Waals surface area contributed by atoms with Crippen molar-refractivity contribution in [2.24, 2.45) is 0 Å². The van der Waals surface area contributed by atoms with Gasteiger partial charge < -0.3 is 62.7 Å². The van der Waals surface area contributed by atoms with Crippen LogP contribution in [0.3, 0.4) is 0 Å². The van der Waals surface area contributed by atoms with Crippen LogP contribution in [0.2, 0.25) is 0 Å². The summed E-state index contributed by atoms with van der Waals surface area (Å²) in [5, 5.41) is 14.8. The number of hydrogen-bond donors (Lipinski definition) is 3. The van der Waals surface area contributed by atoms with Crippen LogP contribution < -0.4 is 19.7 Å². The summed E-state index contributed by atoms with van der Waals surface area (Å²) in [5.74, 6) is -2.94. The number of para-hydroxylation sites is 2. The number of phosphoric ester groups is 1. The molecule has 21 nitrogen and oxygen atoms in total. The number of phosphoric acid groups is 1. The van der Waals surface area contributed by atoms with Crippen LogP contribution in [-0.2, 0) is 61.4 Å². The van der Waals surface area contributed by atoms with Gasteiger partial charge in [0.15, 0.2) is 18.0 Å². The van der Waals surface area contributed by atoms with E-state index in [1.165, 1.54) is 44.5 Å². The van der Waals surface area contributed by atoms with Crippen molar-refractivity contribution in [2.75, 3.05) is 19.8 Å². The average Bonchev–Trinajstić information content (AvgIpc) is 0.873. The molecule has 1 fully saturated rings. The summed E-state index contributed by atoms with van der Waals surface area (Å²) in [6.07, 6.45) is 1.85. The van der Waals surface area contributed by atoms with Crippen molar-refractivity contribution in [1.29, 1.82) is 0 Å². The zero-order chi connectivity index (χ0) is 65.4. The molecular weight excluding hydrogens is 1300 g/mol. The highest BCUT2D eigenvalue weighted by Crippen LogP contribution is 2.53. The summed E-state index contributed by atoms with van der Waals surface area (Å²) < 4.78 is 76.6. The molecule has 0 aliphatic carbocycles. The number of ether oxygens (including phenoxy) is 8. The second kappa shape index (κ2) is 40.2. The van der Waals surface area contributed by atoms with Gasteiger partial charge in [0, 0.05) is 12.8 Å². The predicted octanol–water partition coefficient (Wildman–Crippen LogP) is 16.2. The Hall–Kier alpha value is -3.89. The molecule has 1 aliphatic heterocycles. The molecule has 3 N–H and O–H groups in total. The number of nitrogens with one attached hydrogen (secondary N) is 2. The fraction of sp³-hybridized carbons (Fsp3) is 0.700. The van der Waals surface area contributed by atoms with Gasteiger partial charge in [0.1, 0.15) is 54.7 Å². The molecule has 0 aromatic heterocycles. The van der Waals surface area contributed by atoms with Crippen molar-refractivity contribution in [3.8, 4) is 11.5 Å². The summed E-state index contributed by atoms with van der Waals surface area (Å²) in [6, 6.07) is 12.3. The topological polar surface area (TPSA) is 265 Å². The molecule has 0 saturated carbocycles. The van der Waals surface area contributed by atoms with Crippen molar-refractivity contribution in [3.05, 3.63) is 60.7 Å². The molecule has 3 rings (SSSR count). The number of halogens is 6. The monoisotopic (exact) mass is 1380 g/mol. The van der Waals surface area contributed by atoms with Gasteiger partial charge in [-0.3, -0.25) is 18.9 Å². The first-order chi connectivity index (χ1) is 41.4. The minimum atomic E-state index is -5.17. The van der Waals surface area contributed by atoms with Crippen LogP contribution in [0.15, 0.2) is 60.7 Å². The van der Waals surface area contributed by atoms with Gasteiger partial charge in [-0.05, 0) is 84.6 Å². The minimum absolute atomic E-state index is 0.0499. The molecule has 500 valence electrons. The summed E-state index contributed by atoms with van der Waals surface area (Å²) in [4.78, 5) is 81.4. The number of amides is 2. The zero-order valence-corrected chi connectivity index (χ0v) is 56.7. The van der Waals surface area contributed by atoms with Crippen molar-refractivity contribution < 1.29 is 89.9 Å². The number of aliphatic carboxylic acids is 1. The number of carbonyl (C=O) groups is 6. The fourth-order valence-electron chi connectivity index (χ4n) is 8.73. The molecule has 1 heterocycles. The lowest BCUT2D eigenvalue weighted by molar-refractivity contribution is -0.272. The highest BCUT2D eigenvalue weighted by molar-refractivity contribution is 7.49. The number of alkyl carbamates (subject to hydrolysis) is 2. The Balaban J connectivity index is 2.30. The minimum Gasteiger partial charge on any atom is -0.481 e. The molecule has 28 heteroatoms. The summed E-state index contributed by atoms with van der Waals surface area (Å²) in [6.45, 7) is 9.23. The number of unbranched alkanes of at least 4 members (excludes halogenated alkanes) is 14. The second-order valence-electron chi connectivity index (χ2n) is 22.8. The normalized spacial score (nSPS) is 18.0. The first-order valence-corrected chi connectivity index (χ1v) is 33.7. The molecule has 88 heavy (non-hydrogen) atoms. The molecule has 0 spiro atoms. The van der Waals surface area contributed by atoms with Gasteiger partial charge in [-0.15, -0.1) is 0 Å². The van der Waals surface area contributed by atoms with E-state index in [9.17, 15) is 33.9 Å².